The molecule has 1 saturated heterocycles. The maximum absolute atomic E-state index is 13.5. The van der Waals surface area contributed by atoms with Gasteiger partial charge in [0, 0.05) is 19.0 Å². The first-order chi connectivity index (χ1) is 10.5. The summed E-state index contributed by atoms with van der Waals surface area (Å²) in [6.07, 6.45) is 3.77. The fourth-order valence-electron chi connectivity index (χ4n) is 3.61. The number of nitrogens with zero attached hydrogens (tertiary/aromatic N) is 1. The van der Waals surface area contributed by atoms with Crippen molar-refractivity contribution in [2.24, 2.45) is 11.7 Å². The van der Waals surface area contributed by atoms with Crippen LogP contribution in [0.15, 0.2) is 24.3 Å². The van der Waals surface area contributed by atoms with Crippen LogP contribution in [0.1, 0.15) is 37.7 Å². The minimum atomic E-state index is -0.568. The summed E-state index contributed by atoms with van der Waals surface area (Å²) in [6.45, 7) is 1.12. The van der Waals surface area contributed by atoms with E-state index in [1.54, 1.807) is 6.07 Å². The lowest BCUT2D eigenvalue weighted by Gasteiger charge is -2.45. The lowest BCUT2D eigenvalue weighted by Crippen LogP contribution is -2.53. The SMILES string of the molecule is NC(=O)C1CCN(C(=O)C2(c3cccc(F)c3)CCC2)CC1. The van der Waals surface area contributed by atoms with E-state index in [-0.39, 0.29) is 23.5 Å². The predicted octanol–water partition coefficient (Wildman–Crippen LogP) is 1.97. The number of rotatable bonds is 3. The standard InChI is InChI=1S/C17H21FN2O2/c18-14-4-1-3-13(11-14)17(7-2-8-17)16(22)20-9-5-12(6-10-20)15(19)21/h1,3-4,11-12H,2,5-10H2,(H2,19,21). The second-order valence-electron chi connectivity index (χ2n) is 6.41. The van der Waals surface area contributed by atoms with Crippen molar-refractivity contribution < 1.29 is 14.0 Å². The quantitative estimate of drug-likeness (QED) is 0.928. The van der Waals surface area contributed by atoms with E-state index < -0.39 is 5.41 Å². The fourth-order valence-corrected chi connectivity index (χ4v) is 3.61. The molecule has 0 radical (unpaired) electrons. The number of nitrogens with two attached hydrogens (primary N) is 1. The van der Waals surface area contributed by atoms with Crippen molar-refractivity contribution in [1.29, 1.82) is 0 Å². The van der Waals surface area contributed by atoms with Crippen LogP contribution in [-0.2, 0) is 15.0 Å². The summed E-state index contributed by atoms with van der Waals surface area (Å²) in [5.41, 5.74) is 5.55. The highest BCUT2D eigenvalue weighted by atomic mass is 19.1. The van der Waals surface area contributed by atoms with E-state index in [9.17, 15) is 14.0 Å². The van der Waals surface area contributed by atoms with Gasteiger partial charge in [0.1, 0.15) is 5.82 Å². The van der Waals surface area contributed by atoms with Gasteiger partial charge in [-0.2, -0.15) is 0 Å². The lowest BCUT2D eigenvalue weighted by atomic mass is 9.63. The Morgan fingerprint density at radius 2 is 1.91 bits per heavy atom. The number of carbonyl (C=O) groups is 2. The molecule has 1 aromatic rings. The Morgan fingerprint density at radius 3 is 2.41 bits per heavy atom. The van der Waals surface area contributed by atoms with Crippen LogP contribution in [0.5, 0.6) is 0 Å². The van der Waals surface area contributed by atoms with Gasteiger partial charge in [-0.3, -0.25) is 9.59 Å². The zero-order valence-electron chi connectivity index (χ0n) is 12.6. The van der Waals surface area contributed by atoms with Crippen LogP contribution in [-0.4, -0.2) is 29.8 Å². The second kappa shape index (κ2) is 5.71. The van der Waals surface area contributed by atoms with Crippen molar-refractivity contribution in [3.05, 3.63) is 35.6 Å². The summed E-state index contributed by atoms with van der Waals surface area (Å²) in [5, 5.41) is 0. The maximum atomic E-state index is 13.5. The van der Waals surface area contributed by atoms with Gasteiger partial charge in [0.15, 0.2) is 0 Å². The van der Waals surface area contributed by atoms with Gasteiger partial charge >= 0.3 is 0 Å². The normalized spacial score (nSPS) is 21.2. The highest BCUT2D eigenvalue weighted by Gasteiger charge is 2.48. The smallest absolute Gasteiger partial charge is 0.233 e. The third kappa shape index (κ3) is 2.49. The molecular formula is C17H21FN2O2. The Hall–Kier alpha value is -1.91. The molecule has 4 nitrogen and oxygen atoms in total. The highest BCUT2D eigenvalue weighted by molar-refractivity contribution is 5.89. The molecule has 118 valence electrons. The summed E-state index contributed by atoms with van der Waals surface area (Å²) in [6, 6.07) is 6.39. The maximum Gasteiger partial charge on any atom is 0.233 e. The average molecular weight is 304 g/mol. The number of hydrogen-bond acceptors (Lipinski definition) is 2. The van der Waals surface area contributed by atoms with Gasteiger partial charge in [-0.15, -0.1) is 0 Å². The Labute approximate surface area is 129 Å². The first-order valence-electron chi connectivity index (χ1n) is 7.88. The van der Waals surface area contributed by atoms with Crippen molar-refractivity contribution in [2.45, 2.75) is 37.5 Å². The first kappa shape index (κ1) is 15.0. The number of halogens is 1. The minimum absolute atomic E-state index is 0.0762. The number of carbonyl (C=O) groups excluding carboxylic acids is 2. The molecular weight excluding hydrogens is 283 g/mol. The zero-order chi connectivity index (χ0) is 15.7. The molecule has 2 fully saturated rings. The van der Waals surface area contributed by atoms with Crippen LogP contribution in [0.3, 0.4) is 0 Å². The number of likely N-dealkylation sites (tertiary alicyclic amines) is 1. The molecule has 1 aromatic carbocycles. The molecule has 3 rings (SSSR count). The lowest BCUT2D eigenvalue weighted by molar-refractivity contribution is -0.143. The number of primary amides is 1. The molecule has 2 aliphatic rings. The van der Waals surface area contributed by atoms with E-state index in [4.69, 9.17) is 5.73 Å². The summed E-state index contributed by atoms with van der Waals surface area (Å²) in [7, 11) is 0. The third-order valence-electron chi connectivity index (χ3n) is 5.18. The number of piperidine rings is 1. The van der Waals surface area contributed by atoms with Crippen LogP contribution < -0.4 is 5.73 Å². The molecule has 0 atom stereocenters. The van der Waals surface area contributed by atoms with E-state index in [1.165, 1.54) is 12.1 Å². The molecule has 0 bridgehead atoms. The third-order valence-corrected chi connectivity index (χ3v) is 5.18. The fraction of sp³-hybridized carbons (Fsp3) is 0.529. The Balaban J connectivity index is 1.77. The number of amides is 2. The van der Waals surface area contributed by atoms with E-state index in [0.29, 0.717) is 25.9 Å². The molecule has 1 saturated carbocycles. The van der Waals surface area contributed by atoms with Gasteiger partial charge in [-0.25, -0.2) is 4.39 Å². The number of hydrogen-bond donors (Lipinski definition) is 1. The van der Waals surface area contributed by atoms with Crippen LogP contribution in [0, 0.1) is 11.7 Å². The van der Waals surface area contributed by atoms with Gasteiger partial charge in [-0.1, -0.05) is 18.6 Å². The van der Waals surface area contributed by atoms with Crippen LogP contribution in [0.25, 0.3) is 0 Å². The number of benzene rings is 1. The van der Waals surface area contributed by atoms with Crippen molar-refractivity contribution >= 4 is 11.8 Å². The molecule has 1 aliphatic carbocycles. The average Bonchev–Trinajstić information content (AvgIpc) is 2.46. The summed E-state index contributed by atoms with van der Waals surface area (Å²) < 4.78 is 13.5. The minimum Gasteiger partial charge on any atom is -0.369 e. The Kier molecular flexibility index (Phi) is 3.89. The molecule has 1 aliphatic heterocycles. The van der Waals surface area contributed by atoms with E-state index in [0.717, 1.165) is 24.8 Å². The topological polar surface area (TPSA) is 63.4 Å². The van der Waals surface area contributed by atoms with E-state index >= 15 is 0 Å². The van der Waals surface area contributed by atoms with Gasteiger partial charge in [0.2, 0.25) is 11.8 Å². The van der Waals surface area contributed by atoms with Crippen LogP contribution >= 0.6 is 0 Å². The van der Waals surface area contributed by atoms with Gasteiger partial charge < -0.3 is 10.6 Å². The van der Waals surface area contributed by atoms with Crippen LogP contribution in [0.2, 0.25) is 0 Å². The molecule has 0 unspecified atom stereocenters. The molecule has 5 heteroatoms. The first-order valence-corrected chi connectivity index (χ1v) is 7.88. The van der Waals surface area contributed by atoms with E-state index in [1.807, 2.05) is 11.0 Å². The summed E-state index contributed by atoms with van der Waals surface area (Å²) >= 11 is 0. The van der Waals surface area contributed by atoms with Crippen molar-refractivity contribution in [3.63, 3.8) is 0 Å². The second-order valence-corrected chi connectivity index (χ2v) is 6.41. The summed E-state index contributed by atoms with van der Waals surface area (Å²) in [5.74, 6) is -0.637. The van der Waals surface area contributed by atoms with Crippen molar-refractivity contribution in [2.75, 3.05) is 13.1 Å². The molecule has 0 spiro atoms. The largest absolute Gasteiger partial charge is 0.369 e. The Morgan fingerprint density at radius 1 is 1.23 bits per heavy atom. The molecule has 2 amide bonds. The van der Waals surface area contributed by atoms with Crippen molar-refractivity contribution in [3.8, 4) is 0 Å². The molecule has 2 N–H and O–H groups in total. The van der Waals surface area contributed by atoms with Crippen molar-refractivity contribution in [1.82, 2.24) is 4.90 Å². The highest BCUT2D eigenvalue weighted by Crippen LogP contribution is 2.45. The van der Waals surface area contributed by atoms with Crippen LogP contribution in [0.4, 0.5) is 4.39 Å². The molecule has 0 aromatic heterocycles. The van der Waals surface area contributed by atoms with E-state index in [2.05, 4.69) is 0 Å². The monoisotopic (exact) mass is 304 g/mol. The predicted molar refractivity (Wildman–Crippen MR) is 80.4 cm³/mol. The zero-order valence-corrected chi connectivity index (χ0v) is 12.6. The van der Waals surface area contributed by atoms with Gasteiger partial charge in [0.25, 0.3) is 0 Å². The molecule has 22 heavy (non-hydrogen) atoms. The Bertz CT molecular complexity index is 590. The van der Waals surface area contributed by atoms with Gasteiger partial charge in [0.05, 0.1) is 5.41 Å². The van der Waals surface area contributed by atoms with Gasteiger partial charge in [-0.05, 0) is 43.4 Å². The summed E-state index contributed by atoms with van der Waals surface area (Å²) in [4.78, 5) is 26.0. The molecule has 1 heterocycles.